The number of piperidine rings is 1. The molecule has 13 rings (SSSR count). The highest BCUT2D eigenvalue weighted by Crippen LogP contribution is 2.37. The molecule has 0 unspecified atom stereocenters. The third kappa shape index (κ3) is 15.5. The fourth-order valence-corrected chi connectivity index (χ4v) is 10.5. The van der Waals surface area contributed by atoms with Crippen LogP contribution in [-0.4, -0.2) is 123 Å². The Balaban J connectivity index is 0.000000146. The fourth-order valence-electron chi connectivity index (χ4n) is 8.99. The van der Waals surface area contributed by atoms with Crippen LogP contribution in [0.25, 0.3) is 38.8 Å². The van der Waals surface area contributed by atoms with E-state index >= 15 is 0 Å². The van der Waals surface area contributed by atoms with Crippen molar-refractivity contribution < 1.29 is 17.9 Å². The molecule has 1 aromatic carbocycles. The summed E-state index contributed by atoms with van der Waals surface area (Å²) in [6.45, 7) is 17.8. The van der Waals surface area contributed by atoms with Crippen molar-refractivity contribution in [2.75, 3.05) is 18.0 Å². The SMILES string of the molecule is CC(C)(C)[S@](=O)N[C@@](C)(c1ccc(F)cc1)c1cnc(N2CCCCC2)nc1.Cn1cc(-c2cc3c(=O)[nH]cnn3c2)cn1.Cn1cc(-c2cc3c(Cl)ncnn3c2)cn1.Cn1cc(B2OC(C)(C)C(C)(C)O2)cn1.O=c1[nH]cnn2cc(Br)cc12.S. The number of aryl methyl sites for hydroxylation is 3. The first kappa shape index (κ1) is 65.3. The molecule has 0 spiro atoms. The normalized spacial score (nSPS) is 15.4. The van der Waals surface area contributed by atoms with Gasteiger partial charge in [-0.3, -0.25) is 23.6 Å². The molecule has 10 aromatic heterocycles. The number of benzene rings is 1. The first-order valence-electron chi connectivity index (χ1n) is 27.4. The van der Waals surface area contributed by atoms with Gasteiger partial charge in [-0.25, -0.2) is 41.8 Å². The summed E-state index contributed by atoms with van der Waals surface area (Å²) < 4.78 is 51.8. The maximum atomic E-state index is 13.5. The molecule has 2 fully saturated rings. The molecule has 2 saturated heterocycles. The monoisotopic (exact) mass is 1310 g/mol. The molecule has 11 aromatic rings. The van der Waals surface area contributed by atoms with Gasteiger partial charge in [-0.05, 0) is 126 Å². The van der Waals surface area contributed by atoms with E-state index in [9.17, 15) is 18.2 Å². The minimum absolute atomic E-state index is 0. The highest BCUT2D eigenvalue weighted by atomic mass is 79.9. The number of H-pyrrole nitrogens is 2. The summed E-state index contributed by atoms with van der Waals surface area (Å²) in [4.78, 5) is 42.9. The molecular formula is C57H69BBrClFN19O5S2. The van der Waals surface area contributed by atoms with Crippen molar-refractivity contribution in [3.63, 3.8) is 0 Å². The summed E-state index contributed by atoms with van der Waals surface area (Å²) in [7, 11) is 3.98. The van der Waals surface area contributed by atoms with E-state index in [1.165, 1.54) is 42.1 Å². The summed E-state index contributed by atoms with van der Waals surface area (Å²) in [6.07, 6.45) is 27.8. The minimum Gasteiger partial charge on any atom is -0.399 e. The van der Waals surface area contributed by atoms with Gasteiger partial charge in [0.15, 0.2) is 5.15 Å². The molecule has 0 amide bonds. The van der Waals surface area contributed by atoms with Crippen molar-refractivity contribution in [3.05, 3.63) is 177 Å². The molecule has 30 heteroatoms. The zero-order chi connectivity index (χ0) is 61.7. The first-order chi connectivity index (χ1) is 40.8. The largest absolute Gasteiger partial charge is 0.498 e. The highest BCUT2D eigenvalue weighted by Gasteiger charge is 2.52. The molecule has 0 bridgehead atoms. The second kappa shape index (κ2) is 27.2. The van der Waals surface area contributed by atoms with E-state index in [-0.39, 0.29) is 48.8 Å². The predicted molar refractivity (Wildman–Crippen MR) is 343 cm³/mol. The van der Waals surface area contributed by atoms with Gasteiger partial charge in [0, 0.05) is 128 Å². The maximum absolute atomic E-state index is 13.5. The zero-order valence-electron chi connectivity index (χ0n) is 50.0. The van der Waals surface area contributed by atoms with E-state index in [4.69, 9.17) is 20.9 Å². The zero-order valence-corrected chi connectivity index (χ0v) is 54.1. The Bertz CT molecular complexity index is 4230. The number of hydrogen-bond acceptors (Lipinski definition) is 15. The molecule has 3 N–H and O–H groups in total. The van der Waals surface area contributed by atoms with Gasteiger partial charge in [-0.2, -0.15) is 44.1 Å². The van der Waals surface area contributed by atoms with E-state index in [2.05, 4.69) is 81.1 Å². The van der Waals surface area contributed by atoms with E-state index in [0.717, 1.165) is 80.7 Å². The van der Waals surface area contributed by atoms with E-state index in [1.54, 1.807) is 84.5 Å². The maximum Gasteiger partial charge on any atom is 0.498 e. The second-order valence-corrected chi connectivity index (χ2v) is 25.9. The fraction of sp³-hybridized carbons (Fsp3) is 0.351. The number of fused-ring (bicyclic) bond motifs is 3. The summed E-state index contributed by atoms with van der Waals surface area (Å²) in [6, 6.07) is 11.7. The van der Waals surface area contributed by atoms with Crippen molar-refractivity contribution >= 4 is 87.1 Å². The molecule has 0 aliphatic carbocycles. The Labute approximate surface area is 524 Å². The van der Waals surface area contributed by atoms with Gasteiger partial charge in [0.05, 0.1) is 44.9 Å². The lowest BCUT2D eigenvalue weighted by molar-refractivity contribution is 0.00578. The number of aromatic nitrogens is 17. The summed E-state index contributed by atoms with van der Waals surface area (Å²) in [5, 5.41) is 24.8. The number of nitrogens with one attached hydrogen (secondary N) is 3. The highest BCUT2D eigenvalue weighted by molar-refractivity contribution is 9.10. The molecule has 24 nitrogen and oxygen atoms in total. The Hall–Kier alpha value is -7.67. The van der Waals surface area contributed by atoms with Crippen LogP contribution in [0.4, 0.5) is 10.3 Å². The van der Waals surface area contributed by atoms with Crippen LogP contribution in [0.2, 0.25) is 5.15 Å². The van der Waals surface area contributed by atoms with Crippen molar-refractivity contribution in [2.24, 2.45) is 21.1 Å². The van der Waals surface area contributed by atoms with Crippen LogP contribution in [0.15, 0.2) is 144 Å². The van der Waals surface area contributed by atoms with Gasteiger partial charge >= 0.3 is 7.12 Å². The van der Waals surface area contributed by atoms with E-state index in [1.807, 2.05) is 114 Å². The molecule has 0 radical (unpaired) electrons. The Kier molecular flexibility index (Phi) is 20.4. The summed E-state index contributed by atoms with van der Waals surface area (Å²) in [5.41, 5.74) is 6.71. The van der Waals surface area contributed by atoms with Gasteiger partial charge in [0.2, 0.25) is 5.95 Å². The number of halogens is 3. The molecular weight excluding hydrogens is 1240 g/mol. The standard InChI is InChI=1S/C21H29FN4OS.C10H17BN2O2.C10H8ClN5.C10H9N5O.C6H4BrN3O.H2S/c1-20(2,3)28(27)25-21(4,16-8-10-18(22)11-9-16)17-14-23-19(24-15-17)26-12-6-5-7-13-26;1-9(2)10(3,4)15-11(14-9)8-6-12-13(5)7-8;1-15-4-8(3-13-15)7-2-9-10(11)12-6-14-16(9)5-7;1-14-4-8(3-12-14)7-2-9-10(16)11-6-13-15(9)5-7;7-4-1-5-6(11)8-3-9-10(5)2-4;/h8-11,14-15,25H,5-7,12-13H2,1-4H3;6-7H,1-5H3;2-6H,1H3;2-6H,1H3,(H,11,13,16);1-3H,(H,8,9,11);1H2/t21-,28-;;;;;/m0...../s1. The molecule has 87 heavy (non-hydrogen) atoms. The van der Waals surface area contributed by atoms with Crippen LogP contribution in [0, 0.1) is 5.82 Å². The van der Waals surface area contributed by atoms with Gasteiger partial charge in [0.1, 0.15) is 41.3 Å². The Morgan fingerprint density at radius 3 is 1.63 bits per heavy atom. The third-order valence-corrected chi connectivity index (χ3v) is 17.0. The van der Waals surface area contributed by atoms with Gasteiger partial charge in [0.25, 0.3) is 11.1 Å². The van der Waals surface area contributed by atoms with Gasteiger partial charge in [-0.1, -0.05) is 23.7 Å². The average Bonchev–Trinajstić information content (AvgIpc) is 1.98. The molecule has 458 valence electrons. The van der Waals surface area contributed by atoms with E-state index in [0.29, 0.717) is 16.2 Å². The van der Waals surface area contributed by atoms with Crippen molar-refractivity contribution in [1.29, 1.82) is 0 Å². The smallest absolute Gasteiger partial charge is 0.399 e. The lowest BCUT2D eigenvalue weighted by Crippen LogP contribution is -2.47. The first-order valence-corrected chi connectivity index (χ1v) is 29.7. The topological polar surface area (TPSA) is 261 Å². The van der Waals surface area contributed by atoms with E-state index < -0.39 is 21.3 Å². The van der Waals surface area contributed by atoms with Crippen LogP contribution in [0.3, 0.4) is 0 Å². The van der Waals surface area contributed by atoms with Gasteiger partial charge < -0.3 is 24.2 Å². The molecule has 12 heterocycles. The summed E-state index contributed by atoms with van der Waals surface area (Å²) in [5.74, 6) is 0.418. The Morgan fingerprint density at radius 1 is 0.644 bits per heavy atom. The molecule has 0 saturated carbocycles. The van der Waals surface area contributed by atoms with Crippen molar-refractivity contribution in [2.45, 2.75) is 96.1 Å². The number of rotatable bonds is 8. The lowest BCUT2D eigenvalue weighted by Gasteiger charge is -2.34. The molecule has 2 aliphatic rings. The van der Waals surface area contributed by atoms with Crippen molar-refractivity contribution in [3.8, 4) is 22.3 Å². The number of anilines is 1. The minimum atomic E-state index is -1.33. The van der Waals surface area contributed by atoms with Crippen LogP contribution in [0.1, 0.15) is 85.8 Å². The number of aromatic amines is 2. The number of hydrogen-bond donors (Lipinski definition) is 3. The average molecular weight is 1310 g/mol. The van der Waals surface area contributed by atoms with Crippen LogP contribution < -0.4 is 26.2 Å². The van der Waals surface area contributed by atoms with Gasteiger partial charge in [-0.15, -0.1) is 0 Å². The van der Waals surface area contributed by atoms with Crippen molar-refractivity contribution in [1.82, 2.24) is 87.8 Å². The molecule has 2 aliphatic heterocycles. The van der Waals surface area contributed by atoms with Crippen LogP contribution >= 0.6 is 41.0 Å². The second-order valence-electron chi connectivity index (χ2n) is 22.7. The Morgan fingerprint density at radius 2 is 1.15 bits per heavy atom. The lowest BCUT2D eigenvalue weighted by atomic mass is 9.82. The quantitative estimate of drug-likeness (QED) is 0.123. The third-order valence-electron chi connectivity index (χ3n) is 14.6. The number of nitrogens with zero attached hydrogens (tertiary/aromatic N) is 16. The van der Waals surface area contributed by atoms with Crippen LogP contribution in [0.5, 0.6) is 0 Å². The molecule has 2 atom stereocenters. The van der Waals surface area contributed by atoms with Crippen LogP contribution in [-0.2, 0) is 47.0 Å². The predicted octanol–water partition coefficient (Wildman–Crippen LogP) is 7.74. The summed E-state index contributed by atoms with van der Waals surface area (Å²) >= 11 is 9.22.